The molecule has 0 aliphatic rings. The quantitative estimate of drug-likeness (QED) is 0.775. The van der Waals surface area contributed by atoms with Gasteiger partial charge in [0.2, 0.25) is 0 Å². The van der Waals surface area contributed by atoms with E-state index < -0.39 is 12.0 Å². The highest BCUT2D eigenvalue weighted by Crippen LogP contribution is 2.19. The lowest BCUT2D eigenvalue weighted by Crippen LogP contribution is -2.39. The highest BCUT2D eigenvalue weighted by Gasteiger charge is 2.20. The van der Waals surface area contributed by atoms with E-state index in [0.29, 0.717) is 15.7 Å². The SMILES string of the molecule is CCOC(=O)C(C)NC(=O)c1sc(N)nc1C. The second kappa shape index (κ2) is 5.62. The molecule has 3 N–H and O–H groups in total. The molecule has 1 atom stereocenters. The molecule has 1 rings (SSSR count). The van der Waals surface area contributed by atoms with Gasteiger partial charge in [-0.25, -0.2) is 9.78 Å². The van der Waals surface area contributed by atoms with Crippen LogP contribution in [0.3, 0.4) is 0 Å². The Bertz CT molecular complexity index is 430. The molecule has 0 radical (unpaired) electrons. The molecule has 1 amide bonds. The van der Waals surface area contributed by atoms with E-state index in [2.05, 4.69) is 10.3 Å². The van der Waals surface area contributed by atoms with Gasteiger partial charge in [-0.2, -0.15) is 0 Å². The lowest BCUT2D eigenvalue weighted by Gasteiger charge is -2.11. The second-order valence-electron chi connectivity index (χ2n) is 3.41. The Morgan fingerprint density at radius 1 is 1.59 bits per heavy atom. The monoisotopic (exact) mass is 257 g/mol. The number of aryl methyl sites for hydroxylation is 1. The number of nitrogens with one attached hydrogen (secondary N) is 1. The average molecular weight is 257 g/mol. The minimum absolute atomic E-state index is 0.283. The highest BCUT2D eigenvalue weighted by molar-refractivity contribution is 7.17. The molecule has 7 heteroatoms. The topological polar surface area (TPSA) is 94.3 Å². The van der Waals surface area contributed by atoms with Gasteiger partial charge >= 0.3 is 5.97 Å². The van der Waals surface area contributed by atoms with Crippen molar-refractivity contribution in [2.75, 3.05) is 12.3 Å². The molecule has 1 aromatic rings. The summed E-state index contributed by atoms with van der Waals surface area (Å²) in [6, 6.07) is -0.690. The molecule has 1 heterocycles. The average Bonchev–Trinajstić information content (AvgIpc) is 2.58. The number of nitrogen functional groups attached to an aromatic ring is 1. The molecular formula is C10H15N3O3S. The number of rotatable bonds is 4. The van der Waals surface area contributed by atoms with Crippen LogP contribution in [0.5, 0.6) is 0 Å². The molecule has 1 aromatic heterocycles. The van der Waals surface area contributed by atoms with Crippen LogP contribution >= 0.6 is 11.3 Å². The third-order valence-electron chi connectivity index (χ3n) is 2.01. The van der Waals surface area contributed by atoms with Crippen molar-refractivity contribution in [3.8, 4) is 0 Å². The fraction of sp³-hybridized carbons (Fsp3) is 0.500. The van der Waals surface area contributed by atoms with Gasteiger partial charge in [-0.05, 0) is 20.8 Å². The van der Waals surface area contributed by atoms with E-state index in [4.69, 9.17) is 10.5 Å². The predicted molar refractivity (Wildman–Crippen MR) is 64.8 cm³/mol. The summed E-state index contributed by atoms with van der Waals surface area (Å²) in [6.45, 7) is 5.25. The molecule has 6 nitrogen and oxygen atoms in total. The molecule has 1 unspecified atom stereocenters. The predicted octanol–water partition coefficient (Wildman–Crippen LogP) is 0.715. The number of hydrogen-bond donors (Lipinski definition) is 2. The minimum atomic E-state index is -0.690. The fourth-order valence-corrected chi connectivity index (χ4v) is 1.95. The summed E-state index contributed by atoms with van der Waals surface area (Å²) in [5.74, 6) is -0.826. The van der Waals surface area contributed by atoms with Crippen LogP contribution < -0.4 is 11.1 Å². The maximum absolute atomic E-state index is 11.8. The van der Waals surface area contributed by atoms with Crippen molar-refractivity contribution in [3.05, 3.63) is 10.6 Å². The number of nitrogens with two attached hydrogens (primary N) is 1. The molecule has 0 saturated carbocycles. The van der Waals surface area contributed by atoms with Gasteiger partial charge in [-0.3, -0.25) is 4.79 Å². The first-order chi connectivity index (χ1) is 7.95. The van der Waals surface area contributed by atoms with Crippen molar-refractivity contribution in [3.63, 3.8) is 0 Å². The summed E-state index contributed by atoms with van der Waals surface area (Å²) in [4.78, 5) is 27.5. The zero-order chi connectivity index (χ0) is 13.0. The number of ether oxygens (including phenoxy) is 1. The van der Waals surface area contributed by atoms with E-state index in [9.17, 15) is 9.59 Å². The summed E-state index contributed by atoms with van der Waals surface area (Å²) in [5.41, 5.74) is 6.05. The smallest absolute Gasteiger partial charge is 0.328 e. The Balaban J connectivity index is 2.66. The number of carbonyl (C=O) groups is 2. The molecule has 0 aliphatic heterocycles. The molecular weight excluding hydrogens is 242 g/mol. The zero-order valence-electron chi connectivity index (χ0n) is 9.94. The zero-order valence-corrected chi connectivity index (χ0v) is 10.8. The first-order valence-corrected chi connectivity index (χ1v) is 5.97. The molecule has 0 fully saturated rings. The maximum Gasteiger partial charge on any atom is 0.328 e. The molecule has 0 saturated heterocycles. The first kappa shape index (κ1) is 13.4. The summed E-state index contributed by atoms with van der Waals surface area (Å²) < 4.78 is 4.79. The molecule has 0 bridgehead atoms. The Morgan fingerprint density at radius 3 is 2.71 bits per heavy atom. The van der Waals surface area contributed by atoms with Gasteiger partial charge < -0.3 is 15.8 Å². The molecule has 0 aliphatic carbocycles. The maximum atomic E-state index is 11.8. The van der Waals surface area contributed by atoms with Crippen LogP contribution in [0.1, 0.15) is 29.2 Å². The summed E-state index contributed by atoms with van der Waals surface area (Å²) >= 11 is 1.09. The number of amides is 1. The number of anilines is 1. The van der Waals surface area contributed by atoms with E-state index in [-0.39, 0.29) is 12.5 Å². The van der Waals surface area contributed by atoms with Crippen LogP contribution in [0.4, 0.5) is 5.13 Å². The van der Waals surface area contributed by atoms with Crippen molar-refractivity contribution in [1.82, 2.24) is 10.3 Å². The van der Waals surface area contributed by atoms with Crippen molar-refractivity contribution in [1.29, 1.82) is 0 Å². The number of aromatic nitrogens is 1. The van der Waals surface area contributed by atoms with Crippen molar-refractivity contribution < 1.29 is 14.3 Å². The van der Waals surface area contributed by atoms with Crippen LogP contribution in [0.25, 0.3) is 0 Å². The number of thiazole rings is 1. The van der Waals surface area contributed by atoms with Gasteiger partial charge in [-0.15, -0.1) is 0 Å². The van der Waals surface area contributed by atoms with Gasteiger partial charge in [0.25, 0.3) is 5.91 Å². The summed E-state index contributed by atoms with van der Waals surface area (Å²) in [7, 11) is 0. The van der Waals surface area contributed by atoms with Crippen molar-refractivity contribution >= 4 is 28.3 Å². The van der Waals surface area contributed by atoms with Crippen molar-refractivity contribution in [2.45, 2.75) is 26.8 Å². The van der Waals surface area contributed by atoms with Gasteiger partial charge in [-0.1, -0.05) is 11.3 Å². The van der Waals surface area contributed by atoms with E-state index in [1.807, 2.05) is 0 Å². The van der Waals surface area contributed by atoms with Gasteiger partial charge in [0.05, 0.1) is 12.3 Å². The standard InChI is InChI=1S/C10H15N3O3S/c1-4-16-9(15)6(3)12-8(14)7-5(2)13-10(11)17-7/h6H,4H2,1-3H3,(H2,11,13)(H,12,14). The highest BCUT2D eigenvalue weighted by atomic mass is 32.1. The molecule has 94 valence electrons. The number of esters is 1. The third kappa shape index (κ3) is 3.42. The van der Waals surface area contributed by atoms with Crippen LogP contribution in [-0.2, 0) is 9.53 Å². The second-order valence-corrected chi connectivity index (χ2v) is 4.44. The van der Waals surface area contributed by atoms with Crippen LogP contribution in [0.15, 0.2) is 0 Å². The molecule has 17 heavy (non-hydrogen) atoms. The van der Waals surface area contributed by atoms with E-state index in [0.717, 1.165) is 11.3 Å². The largest absolute Gasteiger partial charge is 0.464 e. The van der Waals surface area contributed by atoms with Gasteiger partial charge in [0.15, 0.2) is 5.13 Å². The Kier molecular flexibility index (Phi) is 4.45. The Morgan fingerprint density at radius 2 is 2.24 bits per heavy atom. The van der Waals surface area contributed by atoms with Crippen molar-refractivity contribution in [2.24, 2.45) is 0 Å². The van der Waals surface area contributed by atoms with E-state index in [1.165, 1.54) is 0 Å². The van der Waals surface area contributed by atoms with Crippen LogP contribution in [0.2, 0.25) is 0 Å². The van der Waals surface area contributed by atoms with E-state index >= 15 is 0 Å². The van der Waals surface area contributed by atoms with Crippen LogP contribution in [0, 0.1) is 6.92 Å². The van der Waals surface area contributed by atoms with Gasteiger partial charge in [0.1, 0.15) is 10.9 Å². The summed E-state index contributed by atoms with van der Waals surface area (Å²) in [5, 5.41) is 2.87. The Labute approximate surface area is 103 Å². The van der Waals surface area contributed by atoms with E-state index in [1.54, 1.807) is 20.8 Å². The van der Waals surface area contributed by atoms with Crippen LogP contribution in [-0.4, -0.2) is 29.5 Å². The lowest BCUT2D eigenvalue weighted by molar-refractivity contribution is -0.144. The normalized spacial score (nSPS) is 11.9. The first-order valence-electron chi connectivity index (χ1n) is 5.16. The number of carbonyl (C=O) groups excluding carboxylic acids is 2. The number of nitrogens with zero attached hydrogens (tertiary/aromatic N) is 1. The van der Waals surface area contributed by atoms with Gasteiger partial charge in [0, 0.05) is 0 Å². The lowest BCUT2D eigenvalue weighted by atomic mass is 10.3. The summed E-state index contributed by atoms with van der Waals surface area (Å²) in [6.07, 6.45) is 0. The molecule has 0 aromatic carbocycles. The minimum Gasteiger partial charge on any atom is -0.464 e. The molecule has 0 spiro atoms. The fourth-order valence-electron chi connectivity index (χ4n) is 1.22. The Hall–Kier alpha value is -1.63. The third-order valence-corrected chi connectivity index (χ3v) is 2.99. The number of hydrogen-bond acceptors (Lipinski definition) is 6.